The first kappa shape index (κ1) is 8.05. The maximum atomic E-state index is 4.33. The summed E-state index contributed by atoms with van der Waals surface area (Å²) in [5, 5.41) is 0. The molecule has 1 aromatic rings. The van der Waals surface area contributed by atoms with Crippen molar-refractivity contribution in [3.8, 4) is 0 Å². The van der Waals surface area contributed by atoms with Gasteiger partial charge >= 0.3 is 0 Å². The van der Waals surface area contributed by atoms with Crippen molar-refractivity contribution in [1.29, 1.82) is 0 Å². The minimum atomic E-state index is 0.995. The van der Waals surface area contributed by atoms with Crippen LogP contribution in [0.5, 0.6) is 0 Å². The third kappa shape index (κ3) is 1.70. The zero-order valence-electron chi connectivity index (χ0n) is 7.31. The lowest BCUT2D eigenvalue weighted by atomic mass is 10.2. The van der Waals surface area contributed by atoms with Crippen molar-refractivity contribution in [3.63, 3.8) is 0 Å². The van der Waals surface area contributed by atoms with E-state index in [4.69, 9.17) is 0 Å². The van der Waals surface area contributed by atoms with Crippen molar-refractivity contribution in [3.05, 3.63) is 23.3 Å². The molecule has 0 spiro atoms. The maximum Gasteiger partial charge on any atom is 0.103 e. The Morgan fingerprint density at radius 2 is 2.27 bits per heavy atom. The number of nitrogens with one attached hydrogen (secondary N) is 1. The van der Waals surface area contributed by atoms with E-state index in [-0.39, 0.29) is 0 Å². The standard InChI is InChI=1S/C9H14N2/c1-4-6-9-8(5-2)10-7(3)11-9/h4,6H,5H2,1-3H3,(H,10,11)/b6-4-. The van der Waals surface area contributed by atoms with Crippen molar-refractivity contribution in [2.75, 3.05) is 0 Å². The molecule has 1 N–H and O–H groups in total. The van der Waals surface area contributed by atoms with Crippen LogP contribution in [0.2, 0.25) is 0 Å². The number of aromatic nitrogens is 2. The molecule has 0 amide bonds. The molecule has 1 rings (SSSR count). The van der Waals surface area contributed by atoms with Crippen LogP contribution in [0.3, 0.4) is 0 Å². The van der Waals surface area contributed by atoms with Crippen LogP contribution in [0.15, 0.2) is 6.08 Å². The largest absolute Gasteiger partial charge is 0.346 e. The van der Waals surface area contributed by atoms with Gasteiger partial charge in [-0.3, -0.25) is 0 Å². The summed E-state index contributed by atoms with van der Waals surface area (Å²) in [6.45, 7) is 6.11. The number of rotatable bonds is 2. The summed E-state index contributed by atoms with van der Waals surface area (Å²) >= 11 is 0. The Balaban J connectivity index is 3.01. The van der Waals surface area contributed by atoms with Crippen molar-refractivity contribution in [2.45, 2.75) is 27.2 Å². The molecule has 60 valence electrons. The van der Waals surface area contributed by atoms with E-state index in [9.17, 15) is 0 Å². The van der Waals surface area contributed by atoms with Gasteiger partial charge in [0.25, 0.3) is 0 Å². The fourth-order valence-corrected chi connectivity index (χ4v) is 1.12. The van der Waals surface area contributed by atoms with Gasteiger partial charge in [-0.05, 0) is 26.3 Å². The van der Waals surface area contributed by atoms with Gasteiger partial charge < -0.3 is 4.98 Å². The molecular formula is C9H14N2. The second-order valence-electron chi connectivity index (χ2n) is 2.54. The number of aromatic amines is 1. The Morgan fingerprint density at radius 3 is 2.82 bits per heavy atom. The molecule has 0 aliphatic rings. The van der Waals surface area contributed by atoms with E-state index in [1.807, 2.05) is 26.0 Å². The summed E-state index contributed by atoms with van der Waals surface area (Å²) in [5.74, 6) is 0.995. The predicted molar refractivity (Wildman–Crippen MR) is 47.4 cm³/mol. The Morgan fingerprint density at radius 1 is 1.55 bits per heavy atom. The van der Waals surface area contributed by atoms with Crippen LogP contribution in [-0.4, -0.2) is 9.97 Å². The number of hydrogen-bond acceptors (Lipinski definition) is 1. The number of imidazole rings is 1. The molecule has 11 heavy (non-hydrogen) atoms. The Kier molecular flexibility index (Phi) is 2.47. The smallest absolute Gasteiger partial charge is 0.103 e. The molecule has 0 aromatic carbocycles. The van der Waals surface area contributed by atoms with Gasteiger partial charge in [0.05, 0.1) is 5.69 Å². The van der Waals surface area contributed by atoms with E-state index in [1.165, 1.54) is 5.69 Å². The number of H-pyrrole nitrogens is 1. The molecular weight excluding hydrogens is 136 g/mol. The molecule has 0 saturated heterocycles. The minimum Gasteiger partial charge on any atom is -0.346 e. The molecule has 0 aliphatic carbocycles. The summed E-state index contributed by atoms with van der Waals surface area (Å²) in [4.78, 5) is 7.55. The minimum absolute atomic E-state index is 0.995. The second-order valence-corrected chi connectivity index (χ2v) is 2.54. The van der Waals surface area contributed by atoms with Crippen LogP contribution in [-0.2, 0) is 6.42 Å². The van der Waals surface area contributed by atoms with Crippen LogP contribution in [0.4, 0.5) is 0 Å². The van der Waals surface area contributed by atoms with Crippen molar-refractivity contribution in [1.82, 2.24) is 9.97 Å². The van der Waals surface area contributed by atoms with Crippen LogP contribution in [0, 0.1) is 6.92 Å². The molecule has 0 radical (unpaired) electrons. The molecule has 0 unspecified atom stereocenters. The first-order valence-corrected chi connectivity index (χ1v) is 3.96. The molecule has 0 saturated carbocycles. The highest BCUT2D eigenvalue weighted by molar-refractivity contribution is 5.47. The normalized spacial score (nSPS) is 11.2. The Bertz CT molecular complexity index is 259. The lowest BCUT2D eigenvalue weighted by Crippen LogP contribution is -1.82. The SMILES string of the molecule is C/C=C\c1nc(C)[nH]c1CC. The van der Waals surface area contributed by atoms with Gasteiger partial charge in [0.2, 0.25) is 0 Å². The highest BCUT2D eigenvalue weighted by Gasteiger charge is 2.00. The average Bonchev–Trinajstić information content (AvgIpc) is 2.32. The number of allylic oxidation sites excluding steroid dienone is 1. The van der Waals surface area contributed by atoms with E-state index < -0.39 is 0 Å². The monoisotopic (exact) mass is 150 g/mol. The van der Waals surface area contributed by atoms with E-state index >= 15 is 0 Å². The molecule has 0 aliphatic heterocycles. The van der Waals surface area contributed by atoms with E-state index in [1.54, 1.807) is 0 Å². The summed E-state index contributed by atoms with van der Waals surface area (Å²) < 4.78 is 0. The lowest BCUT2D eigenvalue weighted by Gasteiger charge is -1.89. The van der Waals surface area contributed by atoms with E-state index in [0.29, 0.717) is 0 Å². The molecule has 0 atom stereocenters. The van der Waals surface area contributed by atoms with Crippen LogP contribution < -0.4 is 0 Å². The zero-order valence-corrected chi connectivity index (χ0v) is 7.31. The van der Waals surface area contributed by atoms with Crippen molar-refractivity contribution >= 4 is 6.08 Å². The Hall–Kier alpha value is -1.05. The lowest BCUT2D eigenvalue weighted by molar-refractivity contribution is 1.04. The third-order valence-corrected chi connectivity index (χ3v) is 1.61. The number of hydrogen-bond donors (Lipinski definition) is 1. The molecule has 0 fully saturated rings. The summed E-state index contributed by atoms with van der Waals surface area (Å²) in [5.41, 5.74) is 2.30. The summed E-state index contributed by atoms with van der Waals surface area (Å²) in [6, 6.07) is 0. The molecule has 1 aromatic heterocycles. The van der Waals surface area contributed by atoms with E-state index in [0.717, 1.165) is 17.9 Å². The fourth-order valence-electron chi connectivity index (χ4n) is 1.12. The van der Waals surface area contributed by atoms with Gasteiger partial charge in [0, 0.05) is 5.69 Å². The van der Waals surface area contributed by atoms with Gasteiger partial charge in [0.15, 0.2) is 0 Å². The van der Waals surface area contributed by atoms with Gasteiger partial charge in [0.1, 0.15) is 5.82 Å². The topological polar surface area (TPSA) is 28.7 Å². The molecule has 0 bridgehead atoms. The first-order valence-electron chi connectivity index (χ1n) is 3.96. The highest BCUT2D eigenvalue weighted by atomic mass is 14.9. The van der Waals surface area contributed by atoms with Gasteiger partial charge in [-0.2, -0.15) is 0 Å². The molecule has 1 heterocycles. The number of nitrogens with zero attached hydrogens (tertiary/aromatic N) is 1. The third-order valence-electron chi connectivity index (χ3n) is 1.61. The highest BCUT2D eigenvalue weighted by Crippen LogP contribution is 2.07. The van der Waals surface area contributed by atoms with Crippen molar-refractivity contribution < 1.29 is 0 Å². The maximum absolute atomic E-state index is 4.33. The summed E-state index contributed by atoms with van der Waals surface area (Å²) in [7, 11) is 0. The van der Waals surface area contributed by atoms with Gasteiger partial charge in [-0.25, -0.2) is 4.98 Å². The Labute approximate surface area is 67.4 Å². The fraction of sp³-hybridized carbons (Fsp3) is 0.444. The number of aryl methyl sites for hydroxylation is 2. The van der Waals surface area contributed by atoms with Gasteiger partial charge in [-0.15, -0.1) is 0 Å². The quantitative estimate of drug-likeness (QED) is 0.688. The van der Waals surface area contributed by atoms with Crippen LogP contribution >= 0.6 is 0 Å². The second kappa shape index (κ2) is 3.37. The molecule has 2 heteroatoms. The summed E-state index contributed by atoms with van der Waals surface area (Å²) in [6.07, 6.45) is 5.05. The first-order chi connectivity index (χ1) is 5.27. The zero-order chi connectivity index (χ0) is 8.27. The molecule has 2 nitrogen and oxygen atoms in total. The average molecular weight is 150 g/mol. The van der Waals surface area contributed by atoms with E-state index in [2.05, 4.69) is 16.9 Å². The van der Waals surface area contributed by atoms with Crippen molar-refractivity contribution in [2.24, 2.45) is 0 Å². The van der Waals surface area contributed by atoms with Crippen LogP contribution in [0.25, 0.3) is 6.08 Å². The van der Waals surface area contributed by atoms with Crippen LogP contribution in [0.1, 0.15) is 31.1 Å². The predicted octanol–water partition coefficient (Wildman–Crippen LogP) is 2.31. The van der Waals surface area contributed by atoms with Gasteiger partial charge in [-0.1, -0.05) is 13.0 Å².